The van der Waals surface area contributed by atoms with Gasteiger partial charge in [-0.15, -0.1) is 0 Å². The number of halogens is 1. The Hall–Kier alpha value is -2.15. The molecule has 18 heavy (non-hydrogen) atoms. The summed E-state index contributed by atoms with van der Waals surface area (Å²) in [4.78, 5) is 18.5. The smallest absolute Gasteiger partial charge is 0.338 e. The maximum atomic E-state index is 11.2. The van der Waals surface area contributed by atoms with Gasteiger partial charge in [0.2, 0.25) is 0 Å². The van der Waals surface area contributed by atoms with Crippen LogP contribution < -0.4 is 0 Å². The van der Waals surface area contributed by atoms with E-state index < -0.39 is 5.97 Å². The number of carboxylic acids is 1. The van der Waals surface area contributed by atoms with Crippen molar-refractivity contribution >= 4 is 32.9 Å². The molecule has 90 valence electrons. The number of carboxylic acid groups (broad SMARTS) is 1. The van der Waals surface area contributed by atoms with Crippen LogP contribution in [0.15, 0.2) is 28.9 Å². The number of H-pyrrole nitrogens is 2. The Morgan fingerprint density at radius 2 is 2.22 bits per heavy atom. The molecule has 0 saturated heterocycles. The average molecular weight is 307 g/mol. The van der Waals surface area contributed by atoms with Gasteiger partial charge in [-0.1, -0.05) is 15.9 Å². The SMILES string of the molecule is O=C(O)c1cc(Br)cc2[nH]c(-c3ccn[nH]3)nc12. The number of fused-ring (bicyclic) bond motifs is 1. The first-order valence-corrected chi connectivity index (χ1v) is 5.87. The van der Waals surface area contributed by atoms with Crippen LogP contribution >= 0.6 is 15.9 Å². The molecular formula is C11H7BrN4O2. The van der Waals surface area contributed by atoms with E-state index in [4.69, 9.17) is 5.11 Å². The first-order chi connectivity index (χ1) is 8.65. The van der Waals surface area contributed by atoms with Gasteiger partial charge in [0.1, 0.15) is 11.2 Å². The largest absolute Gasteiger partial charge is 0.478 e. The number of imidazole rings is 1. The quantitative estimate of drug-likeness (QED) is 0.677. The second kappa shape index (κ2) is 3.95. The highest BCUT2D eigenvalue weighted by Crippen LogP contribution is 2.25. The normalized spacial score (nSPS) is 10.9. The lowest BCUT2D eigenvalue weighted by Crippen LogP contribution is -1.97. The third-order valence-electron chi connectivity index (χ3n) is 2.54. The molecule has 0 unspecified atom stereocenters. The molecule has 0 radical (unpaired) electrons. The van der Waals surface area contributed by atoms with Crippen LogP contribution in [0.25, 0.3) is 22.6 Å². The zero-order valence-electron chi connectivity index (χ0n) is 8.94. The fourth-order valence-electron chi connectivity index (χ4n) is 1.76. The van der Waals surface area contributed by atoms with E-state index in [0.717, 1.165) is 0 Å². The summed E-state index contributed by atoms with van der Waals surface area (Å²) in [6.07, 6.45) is 1.61. The van der Waals surface area contributed by atoms with E-state index in [2.05, 4.69) is 36.1 Å². The van der Waals surface area contributed by atoms with Crippen LogP contribution in [0.2, 0.25) is 0 Å². The number of nitrogens with one attached hydrogen (secondary N) is 2. The van der Waals surface area contributed by atoms with E-state index in [0.29, 0.717) is 27.0 Å². The van der Waals surface area contributed by atoms with Crippen molar-refractivity contribution in [2.45, 2.75) is 0 Å². The minimum Gasteiger partial charge on any atom is -0.478 e. The lowest BCUT2D eigenvalue weighted by molar-refractivity contribution is 0.0699. The molecular weight excluding hydrogens is 300 g/mol. The van der Waals surface area contributed by atoms with Gasteiger partial charge >= 0.3 is 5.97 Å². The Morgan fingerprint density at radius 1 is 1.39 bits per heavy atom. The summed E-state index contributed by atoms with van der Waals surface area (Å²) in [5.74, 6) is -0.452. The molecule has 2 heterocycles. The first-order valence-electron chi connectivity index (χ1n) is 5.07. The minimum atomic E-state index is -1.01. The number of rotatable bonds is 2. The van der Waals surface area contributed by atoms with Crippen molar-refractivity contribution in [1.29, 1.82) is 0 Å². The van der Waals surface area contributed by atoms with Gasteiger partial charge in [0.25, 0.3) is 0 Å². The van der Waals surface area contributed by atoms with Gasteiger partial charge in [-0.05, 0) is 18.2 Å². The number of carbonyl (C=O) groups is 1. The molecule has 3 N–H and O–H groups in total. The highest BCUT2D eigenvalue weighted by molar-refractivity contribution is 9.10. The molecule has 6 nitrogen and oxygen atoms in total. The molecule has 0 saturated carbocycles. The number of aromatic carboxylic acids is 1. The van der Waals surface area contributed by atoms with E-state index >= 15 is 0 Å². The van der Waals surface area contributed by atoms with Gasteiger partial charge in [-0.25, -0.2) is 9.78 Å². The third kappa shape index (κ3) is 1.68. The Balaban J connectivity index is 2.29. The molecule has 0 spiro atoms. The van der Waals surface area contributed by atoms with Crippen LogP contribution in [-0.2, 0) is 0 Å². The van der Waals surface area contributed by atoms with Crippen LogP contribution in [0.1, 0.15) is 10.4 Å². The molecule has 7 heteroatoms. The molecule has 2 aromatic heterocycles. The Kier molecular flexibility index (Phi) is 2.41. The highest BCUT2D eigenvalue weighted by atomic mass is 79.9. The van der Waals surface area contributed by atoms with E-state index in [1.807, 2.05) is 0 Å². The van der Waals surface area contributed by atoms with Crippen molar-refractivity contribution in [3.8, 4) is 11.5 Å². The van der Waals surface area contributed by atoms with E-state index in [9.17, 15) is 4.79 Å². The van der Waals surface area contributed by atoms with Crippen LogP contribution in [0.3, 0.4) is 0 Å². The number of aromatic amines is 2. The monoisotopic (exact) mass is 306 g/mol. The van der Waals surface area contributed by atoms with Gasteiger partial charge in [0, 0.05) is 10.7 Å². The van der Waals surface area contributed by atoms with Crippen molar-refractivity contribution in [2.75, 3.05) is 0 Å². The first kappa shape index (κ1) is 11.0. The zero-order valence-corrected chi connectivity index (χ0v) is 10.5. The number of benzene rings is 1. The Morgan fingerprint density at radius 3 is 2.89 bits per heavy atom. The van der Waals surface area contributed by atoms with Crippen LogP contribution in [0.5, 0.6) is 0 Å². The van der Waals surface area contributed by atoms with Crippen molar-refractivity contribution in [3.05, 3.63) is 34.4 Å². The van der Waals surface area contributed by atoms with E-state index in [1.54, 1.807) is 18.3 Å². The second-order valence-corrected chi connectivity index (χ2v) is 4.63. The molecule has 3 aromatic rings. The molecule has 0 atom stereocenters. The average Bonchev–Trinajstić information content (AvgIpc) is 2.95. The van der Waals surface area contributed by atoms with Gasteiger partial charge in [0.05, 0.1) is 11.1 Å². The van der Waals surface area contributed by atoms with E-state index in [1.165, 1.54) is 6.07 Å². The fraction of sp³-hybridized carbons (Fsp3) is 0. The topological polar surface area (TPSA) is 94.7 Å². The minimum absolute atomic E-state index is 0.154. The molecule has 0 amide bonds. The van der Waals surface area contributed by atoms with Crippen molar-refractivity contribution in [2.24, 2.45) is 0 Å². The van der Waals surface area contributed by atoms with Gasteiger partial charge in [-0.2, -0.15) is 5.10 Å². The van der Waals surface area contributed by atoms with Crippen LogP contribution in [-0.4, -0.2) is 31.2 Å². The summed E-state index contributed by atoms with van der Waals surface area (Å²) in [7, 11) is 0. The maximum Gasteiger partial charge on any atom is 0.338 e. The van der Waals surface area contributed by atoms with Crippen molar-refractivity contribution in [1.82, 2.24) is 20.2 Å². The number of hydrogen-bond donors (Lipinski definition) is 3. The third-order valence-corrected chi connectivity index (χ3v) is 3.00. The summed E-state index contributed by atoms with van der Waals surface area (Å²) in [6, 6.07) is 5.07. The van der Waals surface area contributed by atoms with Gasteiger partial charge < -0.3 is 10.1 Å². The molecule has 0 aliphatic heterocycles. The molecule has 3 rings (SSSR count). The van der Waals surface area contributed by atoms with Gasteiger partial charge in [0.15, 0.2) is 5.82 Å². The van der Waals surface area contributed by atoms with Crippen molar-refractivity contribution < 1.29 is 9.90 Å². The zero-order chi connectivity index (χ0) is 12.7. The Bertz CT molecular complexity index is 733. The predicted molar refractivity (Wildman–Crippen MR) is 68.3 cm³/mol. The summed E-state index contributed by atoms with van der Waals surface area (Å²) in [5, 5.41) is 15.8. The van der Waals surface area contributed by atoms with Crippen LogP contribution in [0.4, 0.5) is 0 Å². The standard InChI is InChI=1S/C11H7BrN4O2/c12-5-3-6(11(17)18)9-8(4-5)14-10(15-9)7-1-2-13-16-7/h1-4H,(H,13,16)(H,14,15)(H,17,18). The molecule has 1 aromatic carbocycles. The number of nitrogens with zero attached hydrogens (tertiary/aromatic N) is 2. The highest BCUT2D eigenvalue weighted by Gasteiger charge is 2.15. The molecule has 0 aliphatic rings. The molecule has 0 aliphatic carbocycles. The predicted octanol–water partition coefficient (Wildman–Crippen LogP) is 2.41. The number of aromatic nitrogens is 4. The Labute approximate surface area is 109 Å². The summed E-state index contributed by atoms with van der Waals surface area (Å²) in [5.41, 5.74) is 1.95. The lowest BCUT2D eigenvalue weighted by atomic mass is 10.2. The van der Waals surface area contributed by atoms with Crippen LogP contribution in [0, 0.1) is 0 Å². The van der Waals surface area contributed by atoms with E-state index in [-0.39, 0.29) is 5.56 Å². The summed E-state index contributed by atoms with van der Waals surface area (Å²) < 4.78 is 0.687. The summed E-state index contributed by atoms with van der Waals surface area (Å²) in [6.45, 7) is 0. The van der Waals surface area contributed by atoms with Gasteiger partial charge in [-0.3, -0.25) is 5.10 Å². The van der Waals surface area contributed by atoms with Crippen molar-refractivity contribution in [3.63, 3.8) is 0 Å². The maximum absolute atomic E-state index is 11.2. The fourth-order valence-corrected chi connectivity index (χ4v) is 2.22. The number of hydrogen-bond acceptors (Lipinski definition) is 3. The summed E-state index contributed by atoms with van der Waals surface area (Å²) >= 11 is 3.28. The second-order valence-electron chi connectivity index (χ2n) is 3.71. The lowest BCUT2D eigenvalue weighted by Gasteiger charge is -1.96. The molecule has 0 bridgehead atoms. The molecule has 0 fully saturated rings.